The molecule has 1 heterocycles. The topological polar surface area (TPSA) is 73.3 Å². The molecule has 0 radical (unpaired) electrons. The Labute approximate surface area is 169 Å². The Kier molecular flexibility index (Phi) is 6.54. The second kappa shape index (κ2) is 9.07. The number of carbonyl (C=O) groups excluding carboxylic acids is 1. The number of benzene rings is 2. The first kappa shape index (κ1) is 19.5. The summed E-state index contributed by atoms with van der Waals surface area (Å²) in [4.78, 5) is 13.1. The number of aromatic nitrogens is 2. The van der Waals surface area contributed by atoms with E-state index in [-0.39, 0.29) is 11.7 Å². The van der Waals surface area contributed by atoms with Gasteiger partial charge in [0.2, 0.25) is 11.0 Å². The summed E-state index contributed by atoms with van der Waals surface area (Å²) in [5, 5.41) is 12.7. The second-order valence-electron chi connectivity index (χ2n) is 5.27. The maximum absolute atomic E-state index is 12.2. The SMILES string of the molecule is COc1ccc(OC)c(-c2nnc(NC(=O)CSc3ccc(Cl)cc3)s2)c1. The van der Waals surface area contributed by atoms with Crippen LogP contribution in [0, 0.1) is 0 Å². The summed E-state index contributed by atoms with van der Waals surface area (Å²) in [6.07, 6.45) is 0. The lowest BCUT2D eigenvalue weighted by molar-refractivity contribution is -0.113. The molecule has 3 rings (SSSR count). The van der Waals surface area contributed by atoms with Crippen molar-refractivity contribution in [1.82, 2.24) is 10.2 Å². The maximum atomic E-state index is 12.2. The molecule has 0 fully saturated rings. The van der Waals surface area contributed by atoms with Gasteiger partial charge in [0.25, 0.3) is 0 Å². The third kappa shape index (κ3) is 5.12. The number of methoxy groups -OCH3 is 2. The molecule has 0 atom stereocenters. The van der Waals surface area contributed by atoms with Crippen LogP contribution in [0.3, 0.4) is 0 Å². The highest BCUT2D eigenvalue weighted by Gasteiger charge is 2.14. The Morgan fingerprint density at radius 2 is 1.93 bits per heavy atom. The van der Waals surface area contributed by atoms with Crippen LogP contribution in [-0.2, 0) is 4.79 Å². The molecule has 0 saturated carbocycles. The Hall–Kier alpha value is -2.29. The average Bonchev–Trinajstić information content (AvgIpc) is 3.15. The summed E-state index contributed by atoms with van der Waals surface area (Å²) in [6, 6.07) is 12.8. The number of carbonyl (C=O) groups is 1. The summed E-state index contributed by atoms with van der Waals surface area (Å²) in [6.45, 7) is 0. The van der Waals surface area contributed by atoms with Crippen molar-refractivity contribution >= 4 is 45.7 Å². The number of amides is 1. The molecular weight excluding hydrogens is 406 g/mol. The van der Waals surface area contributed by atoms with Crippen molar-refractivity contribution in [2.75, 3.05) is 25.3 Å². The zero-order valence-electron chi connectivity index (χ0n) is 14.6. The summed E-state index contributed by atoms with van der Waals surface area (Å²) in [5.41, 5.74) is 0.755. The quantitative estimate of drug-likeness (QED) is 0.562. The molecule has 0 aliphatic rings. The van der Waals surface area contributed by atoms with Crippen molar-refractivity contribution in [3.63, 3.8) is 0 Å². The molecular formula is C18H16ClN3O3S2. The van der Waals surface area contributed by atoms with Gasteiger partial charge < -0.3 is 9.47 Å². The molecule has 27 heavy (non-hydrogen) atoms. The highest BCUT2D eigenvalue weighted by Crippen LogP contribution is 2.36. The summed E-state index contributed by atoms with van der Waals surface area (Å²) >= 11 is 8.55. The van der Waals surface area contributed by atoms with Crippen LogP contribution in [0.5, 0.6) is 11.5 Å². The fourth-order valence-corrected chi connectivity index (χ4v) is 3.80. The zero-order chi connectivity index (χ0) is 19.2. The first-order chi connectivity index (χ1) is 13.1. The smallest absolute Gasteiger partial charge is 0.236 e. The van der Waals surface area contributed by atoms with Crippen LogP contribution in [-0.4, -0.2) is 36.1 Å². The number of nitrogens with zero attached hydrogens (tertiary/aromatic N) is 2. The van der Waals surface area contributed by atoms with Crippen molar-refractivity contribution in [2.45, 2.75) is 4.90 Å². The lowest BCUT2D eigenvalue weighted by atomic mass is 10.2. The van der Waals surface area contributed by atoms with Crippen molar-refractivity contribution in [1.29, 1.82) is 0 Å². The molecule has 0 unspecified atom stereocenters. The van der Waals surface area contributed by atoms with Crippen LogP contribution in [0.2, 0.25) is 5.02 Å². The predicted molar refractivity (Wildman–Crippen MR) is 109 cm³/mol. The van der Waals surface area contributed by atoms with Gasteiger partial charge in [-0.15, -0.1) is 22.0 Å². The first-order valence-electron chi connectivity index (χ1n) is 7.83. The summed E-state index contributed by atoms with van der Waals surface area (Å²) in [5.74, 6) is 1.45. The van der Waals surface area contributed by atoms with E-state index in [1.807, 2.05) is 18.2 Å². The van der Waals surface area contributed by atoms with Crippen molar-refractivity contribution < 1.29 is 14.3 Å². The van der Waals surface area contributed by atoms with E-state index in [2.05, 4.69) is 15.5 Å². The number of hydrogen-bond donors (Lipinski definition) is 1. The standard InChI is InChI=1S/C18H16ClN3O3S2/c1-24-12-5-8-15(25-2)14(9-12)17-21-22-18(27-17)20-16(23)10-26-13-6-3-11(19)4-7-13/h3-9H,10H2,1-2H3,(H,20,22,23). The Morgan fingerprint density at radius 3 is 2.63 bits per heavy atom. The van der Waals surface area contributed by atoms with E-state index < -0.39 is 0 Å². The van der Waals surface area contributed by atoms with Crippen LogP contribution in [0.25, 0.3) is 10.6 Å². The third-order valence-electron chi connectivity index (χ3n) is 3.49. The molecule has 0 aliphatic carbocycles. The molecule has 0 saturated heterocycles. The second-order valence-corrected chi connectivity index (χ2v) is 7.73. The first-order valence-corrected chi connectivity index (χ1v) is 10.0. The molecule has 0 spiro atoms. The van der Waals surface area contributed by atoms with E-state index in [4.69, 9.17) is 21.1 Å². The van der Waals surface area contributed by atoms with E-state index in [1.165, 1.54) is 23.1 Å². The van der Waals surface area contributed by atoms with Crippen LogP contribution in [0.4, 0.5) is 5.13 Å². The number of hydrogen-bond acceptors (Lipinski definition) is 7. The van der Waals surface area contributed by atoms with Crippen LogP contribution in [0.15, 0.2) is 47.4 Å². The minimum Gasteiger partial charge on any atom is -0.497 e. The van der Waals surface area contributed by atoms with Gasteiger partial charge in [0.05, 0.1) is 25.5 Å². The number of thioether (sulfide) groups is 1. The normalized spacial score (nSPS) is 10.5. The average molecular weight is 422 g/mol. The molecule has 6 nitrogen and oxygen atoms in total. The molecule has 1 aromatic heterocycles. The van der Waals surface area contributed by atoms with Crippen LogP contribution in [0.1, 0.15) is 0 Å². The van der Waals surface area contributed by atoms with Crippen LogP contribution < -0.4 is 14.8 Å². The van der Waals surface area contributed by atoms with Gasteiger partial charge in [-0.3, -0.25) is 10.1 Å². The Morgan fingerprint density at radius 1 is 1.15 bits per heavy atom. The molecule has 140 valence electrons. The largest absolute Gasteiger partial charge is 0.497 e. The summed E-state index contributed by atoms with van der Waals surface area (Å²) in [7, 11) is 3.18. The Bertz CT molecular complexity index is 932. The summed E-state index contributed by atoms with van der Waals surface area (Å²) < 4.78 is 10.6. The van der Waals surface area contributed by atoms with Gasteiger partial charge in [-0.2, -0.15) is 0 Å². The Balaban J connectivity index is 1.65. The molecule has 0 bridgehead atoms. The van der Waals surface area contributed by atoms with Crippen molar-refractivity contribution in [2.24, 2.45) is 0 Å². The van der Waals surface area contributed by atoms with Gasteiger partial charge in [-0.05, 0) is 42.5 Å². The fourth-order valence-electron chi connectivity index (χ4n) is 2.20. The number of nitrogens with one attached hydrogen (secondary N) is 1. The lowest BCUT2D eigenvalue weighted by Gasteiger charge is -2.07. The van der Waals surface area contributed by atoms with Gasteiger partial charge in [0, 0.05) is 9.92 Å². The van der Waals surface area contributed by atoms with Gasteiger partial charge in [-0.25, -0.2) is 0 Å². The predicted octanol–water partition coefficient (Wildman–Crippen LogP) is 4.61. The molecule has 1 amide bonds. The lowest BCUT2D eigenvalue weighted by Crippen LogP contribution is -2.13. The highest BCUT2D eigenvalue weighted by molar-refractivity contribution is 8.00. The van der Waals surface area contributed by atoms with E-state index in [0.717, 1.165) is 10.5 Å². The van der Waals surface area contributed by atoms with E-state index in [0.29, 0.717) is 26.7 Å². The monoisotopic (exact) mass is 421 g/mol. The molecule has 3 aromatic rings. The number of ether oxygens (including phenoxy) is 2. The molecule has 1 N–H and O–H groups in total. The maximum Gasteiger partial charge on any atom is 0.236 e. The highest BCUT2D eigenvalue weighted by atomic mass is 35.5. The number of anilines is 1. The third-order valence-corrected chi connectivity index (χ3v) is 5.63. The molecule has 2 aromatic carbocycles. The van der Waals surface area contributed by atoms with Crippen molar-refractivity contribution in [3.05, 3.63) is 47.5 Å². The van der Waals surface area contributed by atoms with E-state index >= 15 is 0 Å². The van der Waals surface area contributed by atoms with Gasteiger partial charge in [0.1, 0.15) is 11.5 Å². The van der Waals surface area contributed by atoms with E-state index in [1.54, 1.807) is 38.5 Å². The van der Waals surface area contributed by atoms with Crippen molar-refractivity contribution in [3.8, 4) is 22.1 Å². The van der Waals surface area contributed by atoms with Gasteiger partial charge in [-0.1, -0.05) is 22.9 Å². The number of halogens is 1. The minimum absolute atomic E-state index is 0.157. The molecule has 9 heteroatoms. The number of rotatable bonds is 7. The fraction of sp³-hybridized carbons (Fsp3) is 0.167. The van der Waals surface area contributed by atoms with Crippen LogP contribution >= 0.6 is 34.7 Å². The van der Waals surface area contributed by atoms with E-state index in [9.17, 15) is 4.79 Å². The zero-order valence-corrected chi connectivity index (χ0v) is 17.0. The van der Waals surface area contributed by atoms with Gasteiger partial charge >= 0.3 is 0 Å². The molecule has 0 aliphatic heterocycles. The minimum atomic E-state index is -0.157. The van der Waals surface area contributed by atoms with Gasteiger partial charge in [0.15, 0.2) is 5.01 Å².